The SMILES string of the molecule is OCC#CC1CCC(NCc2ccc(Br)cn2)CC1. The summed E-state index contributed by atoms with van der Waals surface area (Å²) in [7, 11) is 0. The van der Waals surface area contributed by atoms with Gasteiger partial charge in [0.15, 0.2) is 0 Å². The van der Waals surface area contributed by atoms with Gasteiger partial charge in [0.2, 0.25) is 0 Å². The van der Waals surface area contributed by atoms with Crippen LogP contribution in [0.4, 0.5) is 0 Å². The maximum Gasteiger partial charge on any atom is 0.104 e. The second kappa shape index (κ2) is 7.64. The van der Waals surface area contributed by atoms with Gasteiger partial charge in [-0.15, -0.1) is 0 Å². The zero-order chi connectivity index (χ0) is 13.5. The van der Waals surface area contributed by atoms with E-state index in [1.807, 2.05) is 18.3 Å². The van der Waals surface area contributed by atoms with E-state index in [0.29, 0.717) is 12.0 Å². The van der Waals surface area contributed by atoms with E-state index < -0.39 is 0 Å². The molecule has 0 unspecified atom stereocenters. The van der Waals surface area contributed by atoms with E-state index in [1.165, 1.54) is 0 Å². The molecule has 1 aliphatic carbocycles. The minimum Gasteiger partial charge on any atom is -0.384 e. The van der Waals surface area contributed by atoms with Crippen molar-refractivity contribution in [1.29, 1.82) is 0 Å². The Kier molecular flexibility index (Phi) is 5.84. The highest BCUT2D eigenvalue weighted by molar-refractivity contribution is 9.10. The van der Waals surface area contributed by atoms with Gasteiger partial charge in [-0.2, -0.15) is 0 Å². The van der Waals surface area contributed by atoms with Gasteiger partial charge in [-0.3, -0.25) is 4.98 Å². The number of pyridine rings is 1. The molecule has 2 N–H and O–H groups in total. The number of aromatic nitrogens is 1. The van der Waals surface area contributed by atoms with Gasteiger partial charge in [0, 0.05) is 29.2 Å². The van der Waals surface area contributed by atoms with Crippen molar-refractivity contribution in [3.63, 3.8) is 0 Å². The monoisotopic (exact) mass is 322 g/mol. The molecule has 0 saturated heterocycles. The summed E-state index contributed by atoms with van der Waals surface area (Å²) in [5.41, 5.74) is 1.07. The molecule has 102 valence electrons. The fraction of sp³-hybridized carbons (Fsp3) is 0.533. The number of hydrogen-bond donors (Lipinski definition) is 2. The highest BCUT2D eigenvalue weighted by atomic mass is 79.9. The van der Waals surface area contributed by atoms with E-state index in [-0.39, 0.29) is 6.61 Å². The van der Waals surface area contributed by atoms with Crippen LogP contribution < -0.4 is 5.32 Å². The lowest BCUT2D eigenvalue weighted by Gasteiger charge is -2.26. The number of aliphatic hydroxyl groups excluding tert-OH is 1. The van der Waals surface area contributed by atoms with Crippen LogP contribution in [0.5, 0.6) is 0 Å². The van der Waals surface area contributed by atoms with Gasteiger partial charge in [0.05, 0.1) is 5.69 Å². The average molecular weight is 323 g/mol. The summed E-state index contributed by atoms with van der Waals surface area (Å²) >= 11 is 3.39. The first kappa shape index (κ1) is 14.5. The summed E-state index contributed by atoms with van der Waals surface area (Å²) in [5.74, 6) is 6.36. The quantitative estimate of drug-likeness (QED) is 0.840. The predicted octanol–water partition coefficient (Wildman–Crippen LogP) is 2.49. The Balaban J connectivity index is 1.72. The number of halogens is 1. The molecule has 0 aromatic carbocycles. The third kappa shape index (κ3) is 4.94. The number of aliphatic hydroxyl groups is 1. The first-order valence-corrected chi connectivity index (χ1v) is 7.50. The molecule has 0 amide bonds. The van der Waals surface area contributed by atoms with Gasteiger partial charge in [0.25, 0.3) is 0 Å². The van der Waals surface area contributed by atoms with Crippen LogP contribution in [-0.4, -0.2) is 22.7 Å². The summed E-state index contributed by atoms with van der Waals surface area (Å²) in [6.45, 7) is 0.804. The van der Waals surface area contributed by atoms with Crippen molar-refractivity contribution in [1.82, 2.24) is 10.3 Å². The van der Waals surface area contributed by atoms with E-state index in [9.17, 15) is 0 Å². The maximum absolute atomic E-state index is 8.68. The molecule has 2 rings (SSSR count). The number of hydrogen-bond acceptors (Lipinski definition) is 3. The molecular formula is C15H19BrN2O. The molecule has 1 saturated carbocycles. The lowest BCUT2D eigenvalue weighted by molar-refractivity contribution is 0.329. The van der Waals surface area contributed by atoms with Gasteiger partial charge < -0.3 is 10.4 Å². The van der Waals surface area contributed by atoms with Crippen LogP contribution in [0.1, 0.15) is 31.4 Å². The molecule has 0 bridgehead atoms. The smallest absolute Gasteiger partial charge is 0.104 e. The van der Waals surface area contributed by atoms with Crippen LogP contribution in [0.15, 0.2) is 22.8 Å². The van der Waals surface area contributed by atoms with Crippen LogP contribution in [0.3, 0.4) is 0 Å². The molecule has 1 fully saturated rings. The zero-order valence-electron chi connectivity index (χ0n) is 10.9. The largest absolute Gasteiger partial charge is 0.384 e. The van der Waals surface area contributed by atoms with Gasteiger partial charge in [0.1, 0.15) is 6.61 Å². The third-order valence-electron chi connectivity index (χ3n) is 3.47. The molecule has 0 aliphatic heterocycles. The van der Waals surface area contributed by atoms with Crippen molar-refractivity contribution in [3.05, 3.63) is 28.5 Å². The molecule has 0 atom stereocenters. The topological polar surface area (TPSA) is 45.1 Å². The molecule has 19 heavy (non-hydrogen) atoms. The van der Waals surface area contributed by atoms with Crippen molar-refractivity contribution in [2.75, 3.05) is 6.61 Å². The summed E-state index contributed by atoms with van der Waals surface area (Å²) in [5, 5.41) is 12.2. The molecule has 0 spiro atoms. The summed E-state index contributed by atoms with van der Waals surface area (Å²) < 4.78 is 1.01. The van der Waals surface area contributed by atoms with Crippen LogP contribution in [-0.2, 0) is 6.54 Å². The van der Waals surface area contributed by atoms with Gasteiger partial charge in [-0.05, 0) is 53.7 Å². The number of nitrogens with zero attached hydrogens (tertiary/aromatic N) is 1. The average Bonchev–Trinajstić information content (AvgIpc) is 2.46. The zero-order valence-corrected chi connectivity index (χ0v) is 12.5. The Morgan fingerprint density at radius 1 is 1.32 bits per heavy atom. The Labute approximate surface area is 123 Å². The molecule has 1 aromatic rings. The molecule has 0 radical (unpaired) electrons. The van der Waals surface area contributed by atoms with Gasteiger partial charge in [-0.25, -0.2) is 0 Å². The van der Waals surface area contributed by atoms with Crippen LogP contribution in [0, 0.1) is 17.8 Å². The van der Waals surface area contributed by atoms with E-state index >= 15 is 0 Å². The van der Waals surface area contributed by atoms with Gasteiger partial charge in [-0.1, -0.05) is 11.8 Å². The van der Waals surface area contributed by atoms with E-state index in [0.717, 1.165) is 42.4 Å². The van der Waals surface area contributed by atoms with Gasteiger partial charge >= 0.3 is 0 Å². The highest BCUT2D eigenvalue weighted by Gasteiger charge is 2.19. The lowest BCUT2D eigenvalue weighted by atomic mass is 9.86. The summed E-state index contributed by atoms with van der Waals surface area (Å²) in [4.78, 5) is 4.36. The lowest BCUT2D eigenvalue weighted by Crippen LogP contribution is -2.32. The summed E-state index contributed by atoms with van der Waals surface area (Å²) in [6.07, 6.45) is 6.39. The Morgan fingerprint density at radius 2 is 2.11 bits per heavy atom. The van der Waals surface area contributed by atoms with Crippen LogP contribution >= 0.6 is 15.9 Å². The maximum atomic E-state index is 8.68. The highest BCUT2D eigenvalue weighted by Crippen LogP contribution is 2.23. The van der Waals surface area contributed by atoms with E-state index in [1.54, 1.807) is 0 Å². The number of rotatable bonds is 3. The normalized spacial score (nSPS) is 22.6. The van der Waals surface area contributed by atoms with Crippen LogP contribution in [0.25, 0.3) is 0 Å². The van der Waals surface area contributed by atoms with Crippen molar-refractivity contribution in [2.24, 2.45) is 5.92 Å². The second-order valence-corrected chi connectivity index (χ2v) is 5.79. The molecule has 1 aromatic heterocycles. The summed E-state index contributed by atoms with van der Waals surface area (Å²) in [6, 6.07) is 4.62. The molecule has 4 heteroatoms. The van der Waals surface area contributed by atoms with Crippen molar-refractivity contribution >= 4 is 15.9 Å². The van der Waals surface area contributed by atoms with Crippen molar-refractivity contribution in [2.45, 2.75) is 38.3 Å². The standard InChI is InChI=1S/C15H19BrN2O/c16-13-5-8-15(17-10-13)11-18-14-6-3-12(4-7-14)2-1-9-19/h5,8,10,12,14,18-19H,3-4,6-7,9,11H2. The second-order valence-electron chi connectivity index (χ2n) is 4.88. The van der Waals surface area contributed by atoms with E-state index in [4.69, 9.17) is 5.11 Å². The van der Waals surface area contributed by atoms with Crippen LogP contribution in [0.2, 0.25) is 0 Å². The fourth-order valence-electron chi connectivity index (χ4n) is 2.39. The molecule has 3 nitrogen and oxygen atoms in total. The number of nitrogens with one attached hydrogen (secondary N) is 1. The Morgan fingerprint density at radius 3 is 2.74 bits per heavy atom. The fourth-order valence-corrected chi connectivity index (χ4v) is 2.63. The van der Waals surface area contributed by atoms with E-state index in [2.05, 4.69) is 38.1 Å². The first-order chi connectivity index (χ1) is 9.28. The molecular weight excluding hydrogens is 304 g/mol. The molecule has 1 heterocycles. The minimum absolute atomic E-state index is 0.0204. The first-order valence-electron chi connectivity index (χ1n) is 6.71. The van der Waals surface area contributed by atoms with Crippen molar-refractivity contribution < 1.29 is 5.11 Å². The minimum atomic E-state index is -0.0204. The van der Waals surface area contributed by atoms with Crippen molar-refractivity contribution in [3.8, 4) is 11.8 Å². The Bertz CT molecular complexity index is 441. The third-order valence-corrected chi connectivity index (χ3v) is 3.94. The molecule has 1 aliphatic rings. The predicted molar refractivity (Wildman–Crippen MR) is 79.4 cm³/mol. The Hall–Kier alpha value is -0.890.